The number of likely N-dealkylation sites (N-methyl/N-ethyl adjacent to an activating group) is 1. The predicted octanol–water partition coefficient (Wildman–Crippen LogP) is 4.32. The molecule has 0 N–H and O–H groups in total. The van der Waals surface area contributed by atoms with Gasteiger partial charge in [-0.25, -0.2) is 9.67 Å². The van der Waals surface area contributed by atoms with E-state index in [4.69, 9.17) is 4.98 Å². The highest BCUT2D eigenvalue weighted by molar-refractivity contribution is 7.18. The molecule has 1 amide bonds. The van der Waals surface area contributed by atoms with Crippen molar-refractivity contribution in [3.63, 3.8) is 0 Å². The molecule has 32 heavy (non-hydrogen) atoms. The van der Waals surface area contributed by atoms with Gasteiger partial charge in [0.15, 0.2) is 0 Å². The Morgan fingerprint density at radius 2 is 1.97 bits per heavy atom. The van der Waals surface area contributed by atoms with Gasteiger partial charge in [0.25, 0.3) is 0 Å². The third-order valence-electron chi connectivity index (χ3n) is 5.95. The Morgan fingerprint density at radius 3 is 2.81 bits per heavy atom. The highest BCUT2D eigenvalue weighted by atomic mass is 32.1. The average molecular weight is 446 g/mol. The number of hydrogen-bond acceptors (Lipinski definition) is 5. The molecule has 5 rings (SSSR count). The number of rotatable bonds is 6. The quantitative estimate of drug-likeness (QED) is 0.444. The van der Waals surface area contributed by atoms with Crippen LogP contribution in [0.2, 0.25) is 0 Å². The molecule has 0 bridgehead atoms. The molecule has 1 aliphatic rings. The minimum absolute atomic E-state index is 0.189. The number of fused-ring (bicyclic) bond motifs is 1. The first-order chi connectivity index (χ1) is 15.7. The van der Waals surface area contributed by atoms with Crippen LogP contribution in [0.25, 0.3) is 15.9 Å². The number of benzene rings is 2. The number of thiazole rings is 1. The van der Waals surface area contributed by atoms with Crippen LogP contribution in [0.15, 0.2) is 67.0 Å². The molecule has 0 aliphatic carbocycles. The minimum Gasteiger partial charge on any atom is -0.341 e. The molecule has 0 saturated carbocycles. The maximum absolute atomic E-state index is 13.0. The van der Waals surface area contributed by atoms with Crippen LogP contribution < -0.4 is 0 Å². The lowest BCUT2D eigenvalue weighted by atomic mass is 9.98. The van der Waals surface area contributed by atoms with Crippen molar-refractivity contribution < 1.29 is 4.79 Å². The van der Waals surface area contributed by atoms with E-state index in [0.29, 0.717) is 19.0 Å². The molecule has 0 spiro atoms. The summed E-state index contributed by atoms with van der Waals surface area (Å²) in [4.78, 5) is 21.9. The monoisotopic (exact) mass is 445 g/mol. The van der Waals surface area contributed by atoms with Crippen LogP contribution >= 0.6 is 11.3 Å². The third-order valence-corrected chi connectivity index (χ3v) is 7.15. The van der Waals surface area contributed by atoms with Crippen LogP contribution in [0.3, 0.4) is 0 Å². The van der Waals surface area contributed by atoms with E-state index in [1.807, 2.05) is 65.4 Å². The lowest BCUT2D eigenvalue weighted by Crippen LogP contribution is -2.43. The summed E-state index contributed by atoms with van der Waals surface area (Å²) >= 11 is 1.76. The van der Waals surface area contributed by atoms with Gasteiger partial charge in [-0.3, -0.25) is 9.69 Å². The van der Waals surface area contributed by atoms with Gasteiger partial charge in [0.1, 0.15) is 0 Å². The van der Waals surface area contributed by atoms with Gasteiger partial charge < -0.3 is 4.90 Å². The number of carbonyl (C=O) groups is 1. The molecule has 1 unspecified atom stereocenters. The number of likely N-dealkylation sites (tertiary alicyclic amines) is 1. The largest absolute Gasteiger partial charge is 0.341 e. The normalized spacial score (nSPS) is 16.7. The maximum Gasteiger partial charge on any atom is 0.236 e. The molecule has 6 nitrogen and oxygen atoms in total. The first kappa shape index (κ1) is 20.8. The van der Waals surface area contributed by atoms with Gasteiger partial charge in [0.05, 0.1) is 33.7 Å². The van der Waals surface area contributed by atoms with Gasteiger partial charge in [0, 0.05) is 37.3 Å². The van der Waals surface area contributed by atoms with Crippen molar-refractivity contribution in [2.45, 2.75) is 25.3 Å². The number of nitrogens with zero attached hydrogens (tertiary/aromatic N) is 5. The molecular weight excluding hydrogens is 418 g/mol. The summed E-state index contributed by atoms with van der Waals surface area (Å²) in [6, 6.07) is 18.3. The van der Waals surface area contributed by atoms with Gasteiger partial charge >= 0.3 is 0 Å². The highest BCUT2D eigenvalue weighted by Gasteiger charge is 2.27. The number of aromatic nitrogens is 3. The van der Waals surface area contributed by atoms with E-state index in [2.05, 4.69) is 28.2 Å². The molecule has 3 heterocycles. The highest BCUT2D eigenvalue weighted by Crippen LogP contribution is 2.33. The zero-order valence-electron chi connectivity index (χ0n) is 18.2. The molecular formula is C25H27N5OS. The van der Waals surface area contributed by atoms with Crippen LogP contribution in [0.1, 0.15) is 29.3 Å². The van der Waals surface area contributed by atoms with E-state index < -0.39 is 0 Å². The van der Waals surface area contributed by atoms with E-state index in [1.165, 1.54) is 4.70 Å². The number of hydrogen-bond donors (Lipinski definition) is 0. The zero-order chi connectivity index (χ0) is 21.9. The van der Waals surface area contributed by atoms with Crippen molar-refractivity contribution in [2.24, 2.45) is 0 Å². The van der Waals surface area contributed by atoms with E-state index >= 15 is 0 Å². The Bertz CT molecular complexity index is 1170. The summed E-state index contributed by atoms with van der Waals surface area (Å²) in [5.74, 6) is 0.522. The number of para-hydroxylation sites is 2. The summed E-state index contributed by atoms with van der Waals surface area (Å²) in [6.45, 7) is 2.69. The summed E-state index contributed by atoms with van der Waals surface area (Å²) in [7, 11) is 1.99. The summed E-state index contributed by atoms with van der Waals surface area (Å²) in [5, 5.41) is 5.62. The number of carbonyl (C=O) groups excluding carboxylic acids is 1. The predicted molar refractivity (Wildman–Crippen MR) is 128 cm³/mol. The van der Waals surface area contributed by atoms with Crippen molar-refractivity contribution in [2.75, 3.05) is 26.7 Å². The number of piperidine rings is 1. The Morgan fingerprint density at radius 1 is 1.16 bits per heavy atom. The Kier molecular flexibility index (Phi) is 6.01. The molecule has 1 fully saturated rings. The average Bonchev–Trinajstić information content (AvgIpc) is 3.47. The fourth-order valence-electron chi connectivity index (χ4n) is 4.33. The first-order valence-electron chi connectivity index (χ1n) is 11.1. The first-order valence-corrected chi connectivity index (χ1v) is 11.9. The van der Waals surface area contributed by atoms with E-state index in [1.54, 1.807) is 11.3 Å². The molecule has 4 aromatic rings. The van der Waals surface area contributed by atoms with E-state index in [-0.39, 0.29) is 5.91 Å². The second-order valence-corrected chi connectivity index (χ2v) is 9.56. The maximum atomic E-state index is 13.0. The van der Waals surface area contributed by atoms with Gasteiger partial charge in [-0.05, 0) is 44.2 Å². The van der Waals surface area contributed by atoms with E-state index in [9.17, 15) is 4.79 Å². The fourth-order valence-corrected chi connectivity index (χ4v) is 5.43. The Balaban J connectivity index is 1.18. The fraction of sp³-hybridized carbons (Fsp3) is 0.320. The lowest BCUT2D eigenvalue weighted by Gasteiger charge is -2.33. The third kappa shape index (κ3) is 4.59. The van der Waals surface area contributed by atoms with Crippen molar-refractivity contribution in [3.05, 3.63) is 77.6 Å². The second-order valence-electron chi connectivity index (χ2n) is 8.50. The second kappa shape index (κ2) is 9.22. The summed E-state index contributed by atoms with van der Waals surface area (Å²) in [6.07, 6.45) is 6.02. The van der Waals surface area contributed by atoms with E-state index in [0.717, 1.165) is 47.7 Å². The van der Waals surface area contributed by atoms with Gasteiger partial charge in [-0.1, -0.05) is 30.3 Å². The van der Waals surface area contributed by atoms with Crippen LogP contribution in [-0.4, -0.2) is 57.2 Å². The van der Waals surface area contributed by atoms with Crippen molar-refractivity contribution in [3.8, 4) is 5.69 Å². The topological polar surface area (TPSA) is 54.3 Å². The zero-order valence-corrected chi connectivity index (χ0v) is 19.0. The summed E-state index contributed by atoms with van der Waals surface area (Å²) < 4.78 is 3.10. The molecule has 0 radical (unpaired) electrons. The lowest BCUT2D eigenvalue weighted by molar-refractivity contribution is -0.133. The van der Waals surface area contributed by atoms with Gasteiger partial charge in [0.2, 0.25) is 5.91 Å². The molecule has 1 atom stereocenters. The molecule has 1 saturated heterocycles. The molecule has 1 aliphatic heterocycles. The standard InChI is InChI=1S/C25H27N5OS/c1-28(15-19-14-26-30(16-19)21-9-3-2-4-10-21)18-24(31)29-13-7-8-20(17-29)25-27-22-11-5-6-12-23(22)32-25/h2-6,9-12,14,16,20H,7-8,13,15,17-18H2,1H3. The van der Waals surface area contributed by atoms with Crippen LogP contribution in [0, 0.1) is 0 Å². The molecule has 2 aromatic carbocycles. The number of amides is 1. The van der Waals surface area contributed by atoms with Crippen LogP contribution in [0.4, 0.5) is 0 Å². The van der Waals surface area contributed by atoms with Crippen molar-refractivity contribution in [1.29, 1.82) is 0 Å². The van der Waals surface area contributed by atoms with Crippen molar-refractivity contribution >= 4 is 27.5 Å². The van der Waals surface area contributed by atoms with Crippen LogP contribution in [-0.2, 0) is 11.3 Å². The SMILES string of the molecule is CN(CC(=O)N1CCCC(c2nc3ccccc3s2)C1)Cc1cnn(-c2ccccc2)c1. The van der Waals surface area contributed by atoms with Crippen molar-refractivity contribution in [1.82, 2.24) is 24.6 Å². The smallest absolute Gasteiger partial charge is 0.236 e. The van der Waals surface area contributed by atoms with Gasteiger partial charge in [-0.15, -0.1) is 11.3 Å². The minimum atomic E-state index is 0.189. The molecule has 7 heteroatoms. The Hall–Kier alpha value is -3.03. The molecule has 164 valence electrons. The summed E-state index contributed by atoms with van der Waals surface area (Å²) in [5.41, 5.74) is 3.19. The van der Waals surface area contributed by atoms with Gasteiger partial charge in [-0.2, -0.15) is 5.10 Å². The Labute approximate surface area is 192 Å². The molecule has 2 aromatic heterocycles. The van der Waals surface area contributed by atoms with Crippen LogP contribution in [0.5, 0.6) is 0 Å².